The maximum absolute atomic E-state index is 12.2. The number of benzene rings is 2. The summed E-state index contributed by atoms with van der Waals surface area (Å²) in [5, 5.41) is 23.7. The van der Waals surface area contributed by atoms with Crippen molar-refractivity contribution in [3.8, 4) is 11.8 Å². The zero-order chi connectivity index (χ0) is 24.1. The molecule has 0 aromatic heterocycles. The molecule has 0 spiro atoms. The lowest BCUT2D eigenvalue weighted by atomic mass is 10.1. The Labute approximate surface area is 191 Å². The normalized spacial score (nSPS) is 10.8. The van der Waals surface area contributed by atoms with Crippen molar-refractivity contribution in [3.05, 3.63) is 65.2 Å². The molecular weight excluding hydrogens is 424 g/mol. The molecule has 3 amide bonds. The molecule has 0 fully saturated rings. The summed E-state index contributed by atoms with van der Waals surface area (Å²) in [5.74, 6) is 4.53. The summed E-state index contributed by atoms with van der Waals surface area (Å²) in [5.41, 5.74) is 9.28. The van der Waals surface area contributed by atoms with Crippen LogP contribution in [-0.4, -0.2) is 54.8 Å². The summed E-state index contributed by atoms with van der Waals surface area (Å²) in [6.07, 6.45) is 1.87. The van der Waals surface area contributed by atoms with Gasteiger partial charge in [0.15, 0.2) is 0 Å². The van der Waals surface area contributed by atoms with Gasteiger partial charge < -0.3 is 27.1 Å². The van der Waals surface area contributed by atoms with Gasteiger partial charge in [0.2, 0.25) is 5.91 Å². The number of nitrogens with one attached hydrogen (secondary N) is 5. The number of amides is 3. The van der Waals surface area contributed by atoms with Crippen molar-refractivity contribution in [1.29, 1.82) is 5.41 Å². The highest BCUT2D eigenvalue weighted by Crippen LogP contribution is 2.09. The highest BCUT2D eigenvalue weighted by atomic mass is 16.5. The predicted molar refractivity (Wildman–Crippen MR) is 124 cm³/mol. The fourth-order valence-corrected chi connectivity index (χ4v) is 2.62. The number of anilines is 1. The molecule has 0 unspecified atom stereocenters. The summed E-state index contributed by atoms with van der Waals surface area (Å²) in [7, 11) is 0. The molecule has 0 radical (unpaired) electrons. The Morgan fingerprint density at radius 3 is 2.18 bits per heavy atom. The van der Waals surface area contributed by atoms with Crippen LogP contribution < -0.4 is 27.2 Å². The third-order valence-electron chi connectivity index (χ3n) is 4.39. The summed E-state index contributed by atoms with van der Waals surface area (Å²) >= 11 is 0. The zero-order valence-electron chi connectivity index (χ0n) is 17.9. The average Bonchev–Trinajstić information content (AvgIpc) is 2.84. The Hall–Kier alpha value is -4.04. The van der Waals surface area contributed by atoms with Crippen LogP contribution >= 0.6 is 0 Å². The molecule has 2 rings (SSSR count). The summed E-state index contributed by atoms with van der Waals surface area (Å²) in [4.78, 5) is 35.5. The van der Waals surface area contributed by atoms with Crippen LogP contribution in [0.25, 0.3) is 0 Å². The van der Waals surface area contributed by atoms with Gasteiger partial charge in [-0.2, -0.15) is 0 Å². The molecule has 0 bridgehead atoms. The van der Waals surface area contributed by atoms with Crippen molar-refractivity contribution in [3.63, 3.8) is 0 Å². The molecule has 10 nitrogen and oxygen atoms in total. The monoisotopic (exact) mass is 450 g/mol. The molecular formula is C23H26N6O4. The van der Waals surface area contributed by atoms with E-state index in [4.69, 9.17) is 16.4 Å². The maximum atomic E-state index is 12.2. The Morgan fingerprint density at radius 1 is 1.03 bits per heavy atom. The third kappa shape index (κ3) is 8.54. The first-order valence-electron chi connectivity index (χ1n) is 10.1. The van der Waals surface area contributed by atoms with Crippen LogP contribution in [-0.2, 0) is 9.59 Å². The van der Waals surface area contributed by atoms with E-state index in [1.807, 2.05) is 0 Å². The Morgan fingerprint density at radius 2 is 1.64 bits per heavy atom. The Bertz CT molecular complexity index is 1030. The Balaban J connectivity index is 1.91. The lowest BCUT2D eigenvalue weighted by Crippen LogP contribution is -2.50. The first kappa shape index (κ1) is 25.2. The second kappa shape index (κ2) is 13.4. The van der Waals surface area contributed by atoms with E-state index in [0.29, 0.717) is 29.8 Å². The fraction of sp³-hybridized carbons (Fsp3) is 0.217. The van der Waals surface area contributed by atoms with Gasteiger partial charge in [0.1, 0.15) is 6.04 Å². The summed E-state index contributed by atoms with van der Waals surface area (Å²) in [6, 6.07) is 12.5. The molecule has 0 aliphatic heterocycles. The average molecular weight is 450 g/mol. The van der Waals surface area contributed by atoms with Crippen molar-refractivity contribution >= 4 is 29.6 Å². The van der Waals surface area contributed by atoms with E-state index in [-0.39, 0.29) is 19.0 Å². The minimum atomic E-state index is -1.04. The maximum Gasteiger partial charge on any atom is 0.267 e. The molecule has 0 saturated carbocycles. The van der Waals surface area contributed by atoms with Crippen molar-refractivity contribution < 1.29 is 19.6 Å². The second-order valence-electron chi connectivity index (χ2n) is 6.86. The molecule has 0 heterocycles. The lowest BCUT2D eigenvalue weighted by molar-refractivity contribution is -0.130. The molecule has 0 saturated heterocycles. The number of hydrogen-bond donors (Lipinski definition) is 7. The summed E-state index contributed by atoms with van der Waals surface area (Å²) in [6.45, 7) is 0.587. The minimum absolute atomic E-state index is 0.160. The molecule has 0 aliphatic carbocycles. The zero-order valence-corrected chi connectivity index (χ0v) is 17.9. The Kier molecular flexibility index (Phi) is 10.2. The number of hydrogen-bond acceptors (Lipinski definition) is 7. The number of nitrogens with two attached hydrogens (primary N) is 1. The number of carbonyl (C=O) groups is 3. The van der Waals surface area contributed by atoms with Crippen LogP contribution in [0.3, 0.4) is 0 Å². The number of carbonyl (C=O) groups excluding carboxylic acids is 3. The highest BCUT2D eigenvalue weighted by molar-refractivity contribution is 5.97. The SMILES string of the molecule is N=CCCNCC(=O)Nc1ccc(C#Cc2ccc(C(=O)N[C@@H](CN)C(=O)NO)cc2)cc1. The predicted octanol–water partition coefficient (Wildman–Crippen LogP) is 0.217. The van der Waals surface area contributed by atoms with Crippen LogP contribution in [0.2, 0.25) is 0 Å². The molecule has 8 N–H and O–H groups in total. The summed E-state index contributed by atoms with van der Waals surface area (Å²) < 4.78 is 0. The second-order valence-corrected chi connectivity index (χ2v) is 6.86. The van der Waals surface area contributed by atoms with Crippen LogP contribution in [0.4, 0.5) is 5.69 Å². The van der Waals surface area contributed by atoms with E-state index in [1.165, 1.54) is 11.7 Å². The largest absolute Gasteiger partial charge is 0.339 e. The number of rotatable bonds is 10. The first-order valence-corrected chi connectivity index (χ1v) is 10.1. The molecule has 2 aromatic carbocycles. The standard InChI is InChI=1S/C23H26N6O4/c24-12-1-13-26-15-21(30)27-19-10-6-17(7-11-19)3-2-16-4-8-18(9-5-16)22(31)28-20(14-25)23(32)29-33/h4-12,20,24,26,33H,1,13-15,25H2,(H,27,30)(H,28,31)(H,29,32)/t20-/m0/s1. The van der Waals surface area contributed by atoms with Crippen LogP contribution in [0.15, 0.2) is 48.5 Å². The van der Waals surface area contributed by atoms with Crippen molar-refractivity contribution in [2.75, 3.05) is 25.0 Å². The van der Waals surface area contributed by atoms with E-state index in [0.717, 1.165) is 5.56 Å². The van der Waals surface area contributed by atoms with Gasteiger partial charge in [-0.3, -0.25) is 19.6 Å². The molecule has 10 heteroatoms. The van der Waals surface area contributed by atoms with E-state index in [1.54, 1.807) is 48.5 Å². The van der Waals surface area contributed by atoms with Crippen molar-refractivity contribution in [1.82, 2.24) is 16.1 Å². The van der Waals surface area contributed by atoms with Crippen LogP contribution in [0, 0.1) is 17.3 Å². The first-order chi connectivity index (χ1) is 16.0. The van der Waals surface area contributed by atoms with Gasteiger partial charge in [-0.1, -0.05) is 11.8 Å². The van der Waals surface area contributed by atoms with Gasteiger partial charge in [0.05, 0.1) is 6.54 Å². The van der Waals surface area contributed by atoms with Gasteiger partial charge in [0.25, 0.3) is 11.8 Å². The van der Waals surface area contributed by atoms with Gasteiger partial charge in [-0.25, -0.2) is 5.48 Å². The van der Waals surface area contributed by atoms with Gasteiger partial charge in [0, 0.05) is 35.5 Å². The van der Waals surface area contributed by atoms with E-state index in [9.17, 15) is 14.4 Å². The molecule has 172 valence electrons. The molecule has 0 aliphatic rings. The molecule has 2 aromatic rings. The number of hydroxylamine groups is 1. The molecule has 1 atom stereocenters. The van der Waals surface area contributed by atoms with E-state index >= 15 is 0 Å². The lowest BCUT2D eigenvalue weighted by Gasteiger charge is -2.14. The van der Waals surface area contributed by atoms with Gasteiger partial charge >= 0.3 is 0 Å². The van der Waals surface area contributed by atoms with Crippen molar-refractivity contribution in [2.24, 2.45) is 5.73 Å². The quantitative estimate of drug-likeness (QED) is 0.0897. The smallest absolute Gasteiger partial charge is 0.267 e. The minimum Gasteiger partial charge on any atom is -0.339 e. The fourth-order valence-electron chi connectivity index (χ4n) is 2.62. The third-order valence-corrected chi connectivity index (χ3v) is 4.39. The topological polar surface area (TPSA) is 169 Å². The van der Waals surface area contributed by atoms with E-state index in [2.05, 4.69) is 27.8 Å². The van der Waals surface area contributed by atoms with Crippen LogP contribution in [0.1, 0.15) is 27.9 Å². The van der Waals surface area contributed by atoms with Crippen molar-refractivity contribution in [2.45, 2.75) is 12.5 Å². The van der Waals surface area contributed by atoms with Gasteiger partial charge in [-0.05, 0) is 61.2 Å². The van der Waals surface area contributed by atoms with E-state index < -0.39 is 17.9 Å². The van der Waals surface area contributed by atoms with Crippen LogP contribution in [0.5, 0.6) is 0 Å². The molecule has 33 heavy (non-hydrogen) atoms. The van der Waals surface area contributed by atoms with Gasteiger partial charge in [-0.15, -0.1) is 0 Å². The highest BCUT2D eigenvalue weighted by Gasteiger charge is 2.19.